The van der Waals surface area contributed by atoms with Crippen molar-refractivity contribution in [3.63, 3.8) is 0 Å². The predicted molar refractivity (Wildman–Crippen MR) is 74.2 cm³/mol. The number of hydrogen-bond acceptors (Lipinski definition) is 4. The molecule has 0 aliphatic rings. The Balaban J connectivity index is 1.94. The van der Waals surface area contributed by atoms with E-state index >= 15 is 0 Å². The van der Waals surface area contributed by atoms with Crippen LogP contribution in [0.4, 0.5) is 10.2 Å². The fourth-order valence-electron chi connectivity index (χ4n) is 1.69. The second-order valence-electron chi connectivity index (χ2n) is 4.20. The Morgan fingerprint density at radius 1 is 1.20 bits per heavy atom. The first-order chi connectivity index (χ1) is 9.47. The van der Waals surface area contributed by atoms with E-state index in [1.807, 2.05) is 0 Å². The quantitative estimate of drug-likeness (QED) is 0.876. The van der Waals surface area contributed by atoms with Crippen LogP contribution in [-0.2, 0) is 16.4 Å². The summed E-state index contributed by atoms with van der Waals surface area (Å²) in [4.78, 5) is 3.95. The van der Waals surface area contributed by atoms with E-state index in [1.54, 1.807) is 12.1 Å². The zero-order chi connectivity index (χ0) is 14.6. The smallest absolute Gasteiger partial charge is 0.238 e. The van der Waals surface area contributed by atoms with Crippen molar-refractivity contribution in [2.75, 3.05) is 11.9 Å². The van der Waals surface area contributed by atoms with Crippen LogP contribution >= 0.6 is 0 Å². The van der Waals surface area contributed by atoms with Gasteiger partial charge in [0.2, 0.25) is 10.0 Å². The summed E-state index contributed by atoms with van der Waals surface area (Å²) in [7, 11) is -3.66. The first-order valence-electron chi connectivity index (χ1n) is 5.93. The maximum atomic E-state index is 13.3. The summed E-state index contributed by atoms with van der Waals surface area (Å²) in [5.74, 6) is -0.203. The van der Waals surface area contributed by atoms with Gasteiger partial charge < -0.3 is 5.32 Å². The van der Waals surface area contributed by atoms with E-state index in [-0.39, 0.29) is 10.7 Å². The van der Waals surface area contributed by atoms with Crippen molar-refractivity contribution >= 4 is 15.8 Å². The molecule has 5 nitrogen and oxygen atoms in total. The minimum atomic E-state index is -3.66. The molecule has 7 heteroatoms. The maximum absolute atomic E-state index is 13.3. The summed E-state index contributed by atoms with van der Waals surface area (Å²) in [6.07, 6.45) is 2.12. The third kappa shape index (κ3) is 3.75. The summed E-state index contributed by atoms with van der Waals surface area (Å²) < 4.78 is 35.5. The first-order valence-corrected chi connectivity index (χ1v) is 7.47. The van der Waals surface area contributed by atoms with Crippen LogP contribution in [0, 0.1) is 5.82 Å². The molecule has 0 amide bonds. The van der Waals surface area contributed by atoms with Crippen molar-refractivity contribution < 1.29 is 12.8 Å². The van der Waals surface area contributed by atoms with Gasteiger partial charge in [-0.2, -0.15) is 0 Å². The number of nitrogens with one attached hydrogen (secondary N) is 1. The van der Waals surface area contributed by atoms with E-state index < -0.39 is 15.8 Å². The van der Waals surface area contributed by atoms with Crippen LogP contribution in [0.15, 0.2) is 47.5 Å². The lowest BCUT2D eigenvalue weighted by Gasteiger charge is -2.06. The third-order valence-corrected chi connectivity index (χ3v) is 3.65. The molecule has 0 atom stereocenters. The van der Waals surface area contributed by atoms with Crippen molar-refractivity contribution in [2.45, 2.75) is 11.3 Å². The molecule has 0 aliphatic heterocycles. The molecule has 2 rings (SSSR count). The molecule has 1 heterocycles. The van der Waals surface area contributed by atoms with Gasteiger partial charge >= 0.3 is 0 Å². The van der Waals surface area contributed by atoms with Gasteiger partial charge in [-0.1, -0.05) is 12.1 Å². The number of primary sulfonamides is 1. The normalized spacial score (nSPS) is 11.3. The lowest BCUT2D eigenvalue weighted by molar-refractivity contribution is 0.597. The van der Waals surface area contributed by atoms with Crippen LogP contribution in [0.2, 0.25) is 0 Å². The van der Waals surface area contributed by atoms with E-state index in [4.69, 9.17) is 5.14 Å². The van der Waals surface area contributed by atoms with Gasteiger partial charge in [0.25, 0.3) is 0 Å². The number of hydrogen-bond donors (Lipinski definition) is 2. The van der Waals surface area contributed by atoms with Crippen LogP contribution in [0.5, 0.6) is 0 Å². The van der Waals surface area contributed by atoms with Gasteiger partial charge in [-0.3, -0.25) is 0 Å². The van der Waals surface area contributed by atoms with E-state index in [1.165, 1.54) is 30.5 Å². The zero-order valence-electron chi connectivity index (χ0n) is 10.6. The van der Waals surface area contributed by atoms with Crippen molar-refractivity contribution in [3.8, 4) is 0 Å². The van der Waals surface area contributed by atoms with Crippen molar-refractivity contribution in [2.24, 2.45) is 5.14 Å². The Labute approximate surface area is 116 Å². The summed E-state index contributed by atoms with van der Waals surface area (Å²) in [6, 6.07) is 9.10. The first kappa shape index (κ1) is 14.4. The molecule has 106 valence electrons. The van der Waals surface area contributed by atoms with Crippen molar-refractivity contribution in [3.05, 3.63) is 54.0 Å². The van der Waals surface area contributed by atoms with Gasteiger partial charge in [0.15, 0.2) is 11.6 Å². The number of nitrogens with zero attached hydrogens (tertiary/aromatic N) is 1. The van der Waals surface area contributed by atoms with Crippen LogP contribution < -0.4 is 10.5 Å². The highest BCUT2D eigenvalue weighted by molar-refractivity contribution is 7.89. The average Bonchev–Trinajstić information content (AvgIpc) is 2.40. The number of nitrogens with two attached hydrogens (primary N) is 1. The maximum Gasteiger partial charge on any atom is 0.238 e. The Hall–Kier alpha value is -1.99. The molecule has 1 aromatic heterocycles. The average molecular weight is 295 g/mol. The molecule has 1 aromatic carbocycles. The van der Waals surface area contributed by atoms with Crippen LogP contribution in [0.25, 0.3) is 0 Å². The van der Waals surface area contributed by atoms with E-state index in [0.29, 0.717) is 13.0 Å². The van der Waals surface area contributed by atoms with Crippen LogP contribution in [0.3, 0.4) is 0 Å². The highest BCUT2D eigenvalue weighted by Crippen LogP contribution is 2.11. The van der Waals surface area contributed by atoms with Gasteiger partial charge in [-0.25, -0.2) is 22.9 Å². The largest absolute Gasteiger partial charge is 0.367 e. The molecule has 0 saturated carbocycles. The highest BCUT2D eigenvalue weighted by Gasteiger charge is 2.06. The Kier molecular flexibility index (Phi) is 4.31. The zero-order valence-corrected chi connectivity index (χ0v) is 11.4. The van der Waals surface area contributed by atoms with Crippen LogP contribution in [0.1, 0.15) is 5.56 Å². The summed E-state index contributed by atoms with van der Waals surface area (Å²) in [5.41, 5.74) is 0.918. The van der Waals surface area contributed by atoms with Crippen molar-refractivity contribution in [1.29, 1.82) is 0 Å². The van der Waals surface area contributed by atoms with Gasteiger partial charge in [0.1, 0.15) is 0 Å². The minimum Gasteiger partial charge on any atom is -0.367 e. The number of halogens is 1. The molecule has 0 unspecified atom stereocenters. The topological polar surface area (TPSA) is 85.1 Å². The standard InChI is InChI=1S/C13H14FN3O2S/c14-12-2-1-8-16-13(12)17-9-7-10-3-5-11(6-4-10)20(15,18)19/h1-6,8H,7,9H2,(H,16,17)(H2,15,18,19). The number of pyridine rings is 1. The second kappa shape index (κ2) is 5.98. The molecule has 0 aliphatic carbocycles. The van der Waals surface area contributed by atoms with Gasteiger partial charge in [0.05, 0.1) is 4.90 Å². The second-order valence-corrected chi connectivity index (χ2v) is 5.76. The number of rotatable bonds is 5. The number of anilines is 1. The molecular formula is C13H14FN3O2S. The molecule has 0 radical (unpaired) electrons. The summed E-state index contributed by atoms with van der Waals surface area (Å²) >= 11 is 0. The summed E-state index contributed by atoms with van der Waals surface area (Å²) in [6.45, 7) is 0.489. The lowest BCUT2D eigenvalue weighted by Crippen LogP contribution is -2.12. The van der Waals surface area contributed by atoms with Gasteiger partial charge in [-0.05, 0) is 36.2 Å². The van der Waals surface area contributed by atoms with Crippen molar-refractivity contribution in [1.82, 2.24) is 4.98 Å². The number of sulfonamides is 1. The van der Waals surface area contributed by atoms with Crippen LogP contribution in [-0.4, -0.2) is 19.9 Å². The molecule has 0 bridgehead atoms. The fraction of sp³-hybridized carbons (Fsp3) is 0.154. The minimum absolute atomic E-state index is 0.0741. The molecule has 0 fully saturated rings. The number of aromatic nitrogens is 1. The third-order valence-electron chi connectivity index (χ3n) is 2.72. The SMILES string of the molecule is NS(=O)(=O)c1ccc(CCNc2ncccc2F)cc1. The molecule has 3 N–H and O–H groups in total. The Morgan fingerprint density at radius 3 is 2.50 bits per heavy atom. The molecule has 20 heavy (non-hydrogen) atoms. The lowest BCUT2D eigenvalue weighted by atomic mass is 10.1. The molecule has 2 aromatic rings. The molecule has 0 saturated heterocycles. The highest BCUT2D eigenvalue weighted by atomic mass is 32.2. The van der Waals surface area contributed by atoms with Gasteiger partial charge in [-0.15, -0.1) is 0 Å². The fourth-order valence-corrected chi connectivity index (χ4v) is 2.20. The predicted octanol–water partition coefficient (Wildman–Crippen LogP) is 1.52. The van der Waals surface area contributed by atoms with E-state index in [9.17, 15) is 12.8 Å². The number of benzene rings is 1. The summed E-state index contributed by atoms with van der Waals surface area (Å²) in [5, 5.41) is 7.89. The molecular weight excluding hydrogens is 281 g/mol. The Morgan fingerprint density at radius 2 is 1.90 bits per heavy atom. The van der Waals surface area contributed by atoms with Gasteiger partial charge in [0, 0.05) is 12.7 Å². The monoisotopic (exact) mass is 295 g/mol. The van der Waals surface area contributed by atoms with E-state index in [2.05, 4.69) is 10.3 Å². The molecule has 0 spiro atoms. The van der Waals surface area contributed by atoms with E-state index in [0.717, 1.165) is 5.56 Å². The Bertz CT molecular complexity index is 687.